The zero-order valence-corrected chi connectivity index (χ0v) is 14.4. The summed E-state index contributed by atoms with van der Waals surface area (Å²) in [5, 5.41) is 15.5. The van der Waals surface area contributed by atoms with Crippen LogP contribution in [0.3, 0.4) is 0 Å². The van der Waals surface area contributed by atoms with Gasteiger partial charge in [-0.25, -0.2) is 4.68 Å². The van der Waals surface area contributed by atoms with Crippen LogP contribution < -0.4 is 14.8 Å². The Hall–Kier alpha value is -2.02. The van der Waals surface area contributed by atoms with E-state index in [2.05, 4.69) is 27.8 Å². The Bertz CT molecular complexity index is 632. The third-order valence-electron chi connectivity index (χ3n) is 3.32. The SMILES string of the molecule is CCCCn1nnnc1NCc1cc(OC)c(OCC)cc1Cl. The van der Waals surface area contributed by atoms with Crippen LogP contribution >= 0.6 is 11.6 Å². The van der Waals surface area contributed by atoms with Gasteiger partial charge in [0.25, 0.3) is 0 Å². The first-order valence-electron chi connectivity index (χ1n) is 7.68. The number of tetrazole rings is 1. The summed E-state index contributed by atoms with van der Waals surface area (Å²) in [6.07, 6.45) is 2.11. The highest BCUT2D eigenvalue weighted by molar-refractivity contribution is 6.31. The van der Waals surface area contributed by atoms with Gasteiger partial charge in [0.15, 0.2) is 11.5 Å². The highest BCUT2D eigenvalue weighted by Crippen LogP contribution is 2.33. The summed E-state index contributed by atoms with van der Waals surface area (Å²) in [6.45, 7) is 5.87. The van der Waals surface area contributed by atoms with Gasteiger partial charge < -0.3 is 14.8 Å². The zero-order valence-electron chi connectivity index (χ0n) is 13.7. The summed E-state index contributed by atoms with van der Waals surface area (Å²) >= 11 is 6.32. The summed E-state index contributed by atoms with van der Waals surface area (Å²) in [4.78, 5) is 0. The van der Waals surface area contributed by atoms with E-state index in [1.165, 1.54) is 0 Å². The van der Waals surface area contributed by atoms with Gasteiger partial charge in [-0.15, -0.1) is 0 Å². The smallest absolute Gasteiger partial charge is 0.243 e. The van der Waals surface area contributed by atoms with Gasteiger partial charge in [0.2, 0.25) is 5.95 Å². The molecule has 2 aromatic rings. The lowest BCUT2D eigenvalue weighted by Gasteiger charge is -2.13. The van der Waals surface area contributed by atoms with Gasteiger partial charge in [-0.3, -0.25) is 0 Å². The normalized spacial score (nSPS) is 10.6. The number of nitrogens with zero attached hydrogens (tertiary/aromatic N) is 4. The van der Waals surface area contributed by atoms with Gasteiger partial charge >= 0.3 is 0 Å². The number of benzene rings is 1. The van der Waals surface area contributed by atoms with Crippen molar-refractivity contribution < 1.29 is 9.47 Å². The number of halogens is 1. The van der Waals surface area contributed by atoms with Gasteiger partial charge in [-0.05, 0) is 35.4 Å². The van der Waals surface area contributed by atoms with Crippen molar-refractivity contribution in [2.45, 2.75) is 39.8 Å². The molecule has 0 saturated carbocycles. The number of hydrogen-bond acceptors (Lipinski definition) is 6. The minimum Gasteiger partial charge on any atom is -0.493 e. The lowest BCUT2D eigenvalue weighted by molar-refractivity contribution is 0.310. The van der Waals surface area contributed by atoms with Crippen LogP contribution in [-0.2, 0) is 13.1 Å². The quantitative estimate of drug-likeness (QED) is 0.756. The second kappa shape index (κ2) is 8.57. The van der Waals surface area contributed by atoms with E-state index in [1.54, 1.807) is 17.9 Å². The van der Waals surface area contributed by atoms with E-state index in [4.69, 9.17) is 21.1 Å². The fourth-order valence-electron chi connectivity index (χ4n) is 2.10. The van der Waals surface area contributed by atoms with Crippen molar-refractivity contribution in [3.8, 4) is 11.5 Å². The van der Waals surface area contributed by atoms with Gasteiger partial charge in [0.05, 0.1) is 13.7 Å². The predicted octanol–water partition coefficient (Wildman–Crippen LogP) is 3.15. The van der Waals surface area contributed by atoms with Crippen molar-refractivity contribution in [1.29, 1.82) is 0 Å². The zero-order chi connectivity index (χ0) is 16.7. The third kappa shape index (κ3) is 4.48. The highest BCUT2D eigenvalue weighted by Gasteiger charge is 2.12. The van der Waals surface area contributed by atoms with E-state index >= 15 is 0 Å². The largest absolute Gasteiger partial charge is 0.493 e. The van der Waals surface area contributed by atoms with Crippen LogP contribution in [0.4, 0.5) is 5.95 Å². The van der Waals surface area contributed by atoms with E-state index in [1.807, 2.05) is 13.0 Å². The number of hydrogen-bond donors (Lipinski definition) is 1. The molecule has 1 heterocycles. The standard InChI is InChI=1S/C15H22ClN5O2/c1-4-6-7-21-15(18-19-20-21)17-10-11-8-13(22-3)14(23-5-2)9-12(11)16/h8-9H,4-7,10H2,1-3H3,(H,17,18,20). The van der Waals surface area contributed by atoms with Gasteiger partial charge in [0, 0.05) is 24.2 Å². The molecule has 0 saturated heterocycles. The van der Waals surface area contributed by atoms with Gasteiger partial charge in [0.1, 0.15) is 0 Å². The maximum Gasteiger partial charge on any atom is 0.243 e. The molecule has 23 heavy (non-hydrogen) atoms. The number of ether oxygens (including phenoxy) is 2. The van der Waals surface area contributed by atoms with Crippen LogP contribution in [0.5, 0.6) is 11.5 Å². The molecule has 8 heteroatoms. The Balaban J connectivity index is 2.10. The molecule has 0 aliphatic heterocycles. The molecule has 0 radical (unpaired) electrons. The van der Waals surface area contributed by atoms with E-state index in [9.17, 15) is 0 Å². The molecule has 126 valence electrons. The Labute approximate surface area is 140 Å². The van der Waals surface area contributed by atoms with Gasteiger partial charge in [-0.2, -0.15) is 0 Å². The van der Waals surface area contributed by atoms with Crippen LogP contribution in [-0.4, -0.2) is 33.9 Å². The number of aryl methyl sites for hydroxylation is 1. The molecule has 0 unspecified atom stereocenters. The molecule has 0 bridgehead atoms. The van der Waals surface area contributed by atoms with E-state index in [0.29, 0.717) is 35.6 Å². The Morgan fingerprint density at radius 1 is 1.26 bits per heavy atom. The molecular weight excluding hydrogens is 318 g/mol. The predicted molar refractivity (Wildman–Crippen MR) is 89.2 cm³/mol. The van der Waals surface area contributed by atoms with Crippen molar-refractivity contribution in [2.75, 3.05) is 19.0 Å². The average molecular weight is 340 g/mol. The minimum absolute atomic E-state index is 0.494. The van der Waals surface area contributed by atoms with Crippen molar-refractivity contribution in [1.82, 2.24) is 20.2 Å². The number of nitrogens with one attached hydrogen (secondary N) is 1. The van der Waals surface area contributed by atoms with Crippen LogP contribution in [0, 0.1) is 0 Å². The third-order valence-corrected chi connectivity index (χ3v) is 3.68. The lowest BCUT2D eigenvalue weighted by Crippen LogP contribution is -2.09. The first-order valence-corrected chi connectivity index (χ1v) is 8.06. The molecule has 0 fully saturated rings. The molecule has 1 aromatic carbocycles. The molecule has 0 aliphatic carbocycles. The molecule has 0 spiro atoms. The van der Waals surface area contributed by atoms with Crippen molar-refractivity contribution in [2.24, 2.45) is 0 Å². The van der Waals surface area contributed by atoms with Crippen LogP contribution in [0.25, 0.3) is 0 Å². The van der Waals surface area contributed by atoms with E-state index in [0.717, 1.165) is 24.9 Å². The molecule has 1 aromatic heterocycles. The number of anilines is 1. The summed E-state index contributed by atoms with van der Waals surface area (Å²) in [5.74, 6) is 1.91. The Kier molecular flexibility index (Phi) is 6.46. The minimum atomic E-state index is 0.494. The second-order valence-electron chi connectivity index (χ2n) is 4.96. The van der Waals surface area contributed by atoms with Crippen molar-refractivity contribution >= 4 is 17.5 Å². The fraction of sp³-hybridized carbons (Fsp3) is 0.533. The summed E-state index contributed by atoms with van der Waals surface area (Å²) in [6, 6.07) is 3.63. The van der Waals surface area contributed by atoms with Crippen molar-refractivity contribution in [3.63, 3.8) is 0 Å². The molecule has 7 nitrogen and oxygen atoms in total. The maximum atomic E-state index is 6.32. The molecular formula is C15H22ClN5O2. The first-order chi connectivity index (χ1) is 11.2. The van der Waals surface area contributed by atoms with Crippen LogP contribution in [0.1, 0.15) is 32.3 Å². The van der Waals surface area contributed by atoms with Gasteiger partial charge in [-0.1, -0.05) is 30.0 Å². The van der Waals surface area contributed by atoms with Crippen LogP contribution in [0.15, 0.2) is 12.1 Å². The Morgan fingerprint density at radius 3 is 2.78 bits per heavy atom. The molecule has 0 aliphatic rings. The fourth-order valence-corrected chi connectivity index (χ4v) is 2.33. The highest BCUT2D eigenvalue weighted by atomic mass is 35.5. The summed E-state index contributed by atoms with van der Waals surface area (Å²) in [7, 11) is 1.61. The van der Waals surface area contributed by atoms with Crippen LogP contribution in [0.2, 0.25) is 5.02 Å². The van der Waals surface area contributed by atoms with Crippen molar-refractivity contribution in [3.05, 3.63) is 22.7 Å². The summed E-state index contributed by atoms with van der Waals surface area (Å²) in [5.41, 5.74) is 0.886. The number of unbranched alkanes of at least 4 members (excludes halogenated alkanes) is 1. The molecule has 0 amide bonds. The lowest BCUT2D eigenvalue weighted by atomic mass is 10.2. The topological polar surface area (TPSA) is 74.1 Å². The molecule has 0 atom stereocenters. The summed E-state index contributed by atoms with van der Waals surface area (Å²) < 4.78 is 12.6. The maximum absolute atomic E-state index is 6.32. The number of aromatic nitrogens is 4. The number of methoxy groups -OCH3 is 1. The average Bonchev–Trinajstić information content (AvgIpc) is 3.00. The van der Waals surface area contributed by atoms with E-state index in [-0.39, 0.29) is 0 Å². The Morgan fingerprint density at radius 2 is 2.09 bits per heavy atom. The molecule has 2 rings (SSSR count). The second-order valence-corrected chi connectivity index (χ2v) is 5.37. The van der Waals surface area contributed by atoms with E-state index < -0.39 is 0 Å². The molecule has 1 N–H and O–H groups in total. The number of rotatable bonds is 9. The first kappa shape index (κ1) is 17.3. The monoisotopic (exact) mass is 339 g/mol.